The van der Waals surface area contributed by atoms with E-state index in [1.165, 1.54) is 49.1 Å². The van der Waals surface area contributed by atoms with Crippen molar-refractivity contribution in [3.8, 4) is 34.1 Å². The molecule has 2 atom stereocenters. The van der Waals surface area contributed by atoms with Crippen molar-refractivity contribution < 1.29 is 30.4 Å². The topological polar surface area (TPSA) is 35.9 Å². The van der Waals surface area contributed by atoms with Crippen LogP contribution in [0.1, 0.15) is 86.3 Å². The van der Waals surface area contributed by atoms with Crippen molar-refractivity contribution in [3.63, 3.8) is 0 Å². The van der Waals surface area contributed by atoms with Gasteiger partial charge in [0, 0.05) is 50.0 Å². The van der Waals surface area contributed by atoms with Crippen molar-refractivity contribution in [2.45, 2.75) is 86.1 Å². The molecule has 8 aromatic carbocycles. The van der Waals surface area contributed by atoms with Gasteiger partial charge in [0.05, 0.1) is 11.0 Å². The minimum Gasteiger partial charge on any atom is -0.510 e. The van der Waals surface area contributed by atoms with Crippen LogP contribution in [0.25, 0.3) is 66.7 Å². The standard InChI is InChI=1S/C78H72N4OSi.Pt/c1-76(2,3)57-43-44-79-74(50-57)82-71-42-39-55(54-25-14-10-15-26-54)46-70(71)69-41-40-63(52-73(69)82)83-62-29-23-28-60(51-62)80-53-81(61-48-58(77(4,5)6)47-59(49-61)78(7,8)9)75-68(37-24-38-72(75)80)56-27-22-36-67(45-56)84(64-30-16-11-17-31-64,65-32-18-12-19-33-65)66-34-20-13-21-35-66;/h10-44,46-48,50,59,67H,45,49H2,1-9H3;/q-2;/t59-,67-;/m0./s1. The van der Waals surface area contributed by atoms with Crippen LogP contribution in [0.5, 0.6) is 11.5 Å². The minimum absolute atomic E-state index is 0. The van der Waals surface area contributed by atoms with Gasteiger partial charge >= 0.3 is 0 Å². The third-order valence-electron chi connectivity index (χ3n) is 17.6. The monoisotopic (exact) mass is 1300 g/mol. The largest absolute Gasteiger partial charge is 0.510 e. The maximum atomic E-state index is 6.91. The second kappa shape index (κ2) is 22.7. The molecule has 0 saturated carbocycles. The molecule has 3 aromatic heterocycles. The zero-order valence-corrected chi connectivity index (χ0v) is 53.4. The summed E-state index contributed by atoms with van der Waals surface area (Å²) in [7, 11) is -2.72. The maximum absolute atomic E-state index is 6.91. The molecule has 0 N–H and O–H groups in total. The van der Waals surface area contributed by atoms with E-state index >= 15 is 0 Å². The number of pyridine rings is 1. The SMILES string of the molecule is CC(C)(C)C1=C[C@H](C(C)(C)C)CC([n+]2[c-]n(-c3[c-]c(Oc4[c-]c5c(cc4)c4cc(-c6ccccc6)ccc4n5-c4cc(C(C)(C)C)ccn4)ccc3)c3cccc(C4=CC=C[C@H]([Si](c5ccccc5)(c5ccccc5)c5ccccc5)C4)c32)=C1.[Pt]. The molecule has 2 aliphatic carbocycles. The third-order valence-corrected chi connectivity index (χ3v) is 22.8. The number of hydrogen-bond donors (Lipinski definition) is 0. The Morgan fingerprint density at radius 2 is 1.24 bits per heavy atom. The van der Waals surface area contributed by atoms with Crippen LogP contribution in [-0.4, -0.2) is 22.2 Å². The smallest absolute Gasteiger partial charge is 0.267 e. The van der Waals surface area contributed by atoms with Gasteiger partial charge < -0.3 is 13.9 Å². The molecule has 0 bridgehead atoms. The number of aromatic nitrogens is 4. The number of rotatable bonds is 11. The van der Waals surface area contributed by atoms with Gasteiger partial charge in [0.15, 0.2) is 8.07 Å². The van der Waals surface area contributed by atoms with E-state index in [-0.39, 0.29) is 42.9 Å². The molecule has 85 heavy (non-hydrogen) atoms. The summed E-state index contributed by atoms with van der Waals surface area (Å²) in [5.41, 5.74) is 13.7. The van der Waals surface area contributed by atoms with Gasteiger partial charge in [0.2, 0.25) is 0 Å². The van der Waals surface area contributed by atoms with Crippen molar-refractivity contribution in [2.75, 3.05) is 0 Å². The Morgan fingerprint density at radius 1 is 0.588 bits per heavy atom. The number of imidazole rings is 1. The Balaban J connectivity index is 0.00000709. The second-order valence-corrected chi connectivity index (χ2v) is 30.2. The van der Waals surface area contributed by atoms with Crippen LogP contribution in [0.4, 0.5) is 0 Å². The summed E-state index contributed by atoms with van der Waals surface area (Å²) in [4.78, 5) is 4.99. The van der Waals surface area contributed by atoms with Crippen molar-refractivity contribution in [1.29, 1.82) is 0 Å². The Kier molecular flexibility index (Phi) is 15.3. The number of nitrogens with zero attached hydrogens (tertiary/aromatic N) is 4. The van der Waals surface area contributed by atoms with E-state index in [2.05, 4.69) is 313 Å². The Hall–Kier alpha value is -8.15. The summed E-state index contributed by atoms with van der Waals surface area (Å²) in [6, 6.07) is 80.3. The number of para-hydroxylation sites is 1. The van der Waals surface area contributed by atoms with Gasteiger partial charge in [-0.05, 0) is 125 Å². The molecule has 11 aromatic rings. The first kappa shape index (κ1) is 57.3. The van der Waals surface area contributed by atoms with Gasteiger partial charge in [-0.1, -0.05) is 244 Å². The Bertz CT molecular complexity index is 4300. The number of ether oxygens (including phenoxy) is 1. The quantitative estimate of drug-likeness (QED) is 0.0560. The van der Waals surface area contributed by atoms with E-state index in [1.54, 1.807) is 0 Å². The van der Waals surface area contributed by atoms with E-state index in [0.717, 1.165) is 62.7 Å². The summed E-state index contributed by atoms with van der Waals surface area (Å²) >= 11 is 0. The maximum Gasteiger partial charge on any atom is 0.267 e. The van der Waals surface area contributed by atoms with Gasteiger partial charge in [0.25, 0.3) is 6.33 Å². The van der Waals surface area contributed by atoms with Crippen LogP contribution in [0.15, 0.2) is 242 Å². The summed E-state index contributed by atoms with van der Waals surface area (Å²) in [6.45, 7) is 20.9. The van der Waals surface area contributed by atoms with Crippen molar-refractivity contribution in [2.24, 2.45) is 16.7 Å². The minimum atomic E-state index is -2.72. The van der Waals surface area contributed by atoms with Gasteiger partial charge in [-0.2, -0.15) is 18.2 Å². The molecule has 0 fully saturated rings. The molecule has 13 rings (SSSR count). The van der Waals surface area contributed by atoms with Gasteiger partial charge in [-0.15, -0.1) is 29.7 Å². The number of benzene rings is 8. The molecule has 0 aliphatic heterocycles. The molecule has 3 heterocycles. The molecule has 0 saturated heterocycles. The molecule has 7 heteroatoms. The van der Waals surface area contributed by atoms with Crippen LogP contribution < -0.4 is 24.9 Å². The summed E-state index contributed by atoms with van der Waals surface area (Å²) in [5.74, 6) is 2.32. The first-order valence-electron chi connectivity index (χ1n) is 29.7. The molecule has 0 amide bonds. The van der Waals surface area contributed by atoms with E-state index < -0.39 is 8.07 Å². The van der Waals surface area contributed by atoms with Crippen molar-refractivity contribution >= 4 is 67.7 Å². The van der Waals surface area contributed by atoms with Crippen molar-refractivity contribution in [3.05, 3.63) is 272 Å². The average Bonchev–Trinajstić information content (AvgIpc) is 1.97. The van der Waals surface area contributed by atoms with E-state index in [9.17, 15) is 0 Å². The molecule has 0 unspecified atom stereocenters. The molecule has 0 spiro atoms. The van der Waals surface area contributed by atoms with Crippen LogP contribution in [-0.2, 0) is 26.5 Å². The van der Waals surface area contributed by atoms with Crippen LogP contribution >= 0.6 is 0 Å². The fraction of sp³-hybridized carbons (Fsp3) is 0.205. The molecule has 2 aliphatic rings. The summed E-state index contributed by atoms with van der Waals surface area (Å²) < 4.78 is 13.7. The van der Waals surface area contributed by atoms with Crippen LogP contribution in [0.2, 0.25) is 5.54 Å². The Morgan fingerprint density at radius 3 is 1.88 bits per heavy atom. The molecule has 0 radical (unpaired) electrons. The zero-order chi connectivity index (χ0) is 58.0. The fourth-order valence-corrected chi connectivity index (χ4v) is 18.3. The van der Waals surface area contributed by atoms with Gasteiger partial charge in [0.1, 0.15) is 5.82 Å². The normalized spacial score (nSPS) is 15.8. The number of fused-ring (bicyclic) bond motifs is 4. The van der Waals surface area contributed by atoms with Crippen LogP contribution in [0, 0.1) is 35.2 Å². The third kappa shape index (κ3) is 10.8. The predicted octanol–water partition coefficient (Wildman–Crippen LogP) is 17.3. The molecule has 426 valence electrons. The molecular formula is C78H72N4OPtSi-2. The molecular weight excluding hydrogens is 1230 g/mol. The second-order valence-electron chi connectivity index (χ2n) is 26.1. The first-order valence-corrected chi connectivity index (χ1v) is 31.8. The first-order chi connectivity index (χ1) is 40.5. The Labute approximate surface area is 517 Å². The van der Waals surface area contributed by atoms with Crippen LogP contribution in [0.3, 0.4) is 0 Å². The number of allylic oxidation sites excluding steroid dienone is 8. The van der Waals surface area contributed by atoms with E-state index in [0.29, 0.717) is 17.4 Å². The number of hydrogen-bond acceptors (Lipinski definition) is 2. The summed E-state index contributed by atoms with van der Waals surface area (Å²) in [6.07, 6.45) is 19.9. The molecule has 5 nitrogen and oxygen atoms in total. The average molecular weight is 1300 g/mol. The van der Waals surface area contributed by atoms with Gasteiger partial charge in [-0.25, -0.2) is 4.98 Å². The van der Waals surface area contributed by atoms with E-state index in [1.807, 2.05) is 18.3 Å². The predicted molar refractivity (Wildman–Crippen MR) is 352 cm³/mol. The fourth-order valence-electron chi connectivity index (χ4n) is 13.0. The summed E-state index contributed by atoms with van der Waals surface area (Å²) in [5, 5.41) is 6.42. The van der Waals surface area contributed by atoms with E-state index in [4.69, 9.17) is 9.72 Å². The van der Waals surface area contributed by atoms with Crippen molar-refractivity contribution in [1.82, 2.24) is 14.1 Å². The zero-order valence-electron chi connectivity index (χ0n) is 50.1. The van der Waals surface area contributed by atoms with Gasteiger partial charge in [-0.3, -0.25) is 4.57 Å².